The summed E-state index contributed by atoms with van der Waals surface area (Å²) < 4.78 is 23.5. The van der Waals surface area contributed by atoms with Gasteiger partial charge in [-0.05, 0) is 126 Å². The smallest absolute Gasteiger partial charge is 0.275 e. The normalized spacial score (nSPS) is 11.3. The Morgan fingerprint density at radius 3 is 1.29 bits per heavy atom. The second-order valence-electron chi connectivity index (χ2n) is 15.6. The number of non-ortho nitro benzene ring substituents is 1. The van der Waals surface area contributed by atoms with Crippen LogP contribution in [0.1, 0.15) is 129 Å². The van der Waals surface area contributed by atoms with Crippen molar-refractivity contribution in [3.63, 3.8) is 0 Å². The molecule has 9 nitrogen and oxygen atoms in total. The van der Waals surface area contributed by atoms with E-state index in [1.807, 2.05) is 76.2 Å². The molecule has 0 radical (unpaired) electrons. The average molecular weight is 830 g/mol. The van der Waals surface area contributed by atoms with Crippen molar-refractivity contribution in [3.05, 3.63) is 151 Å². The Morgan fingerprint density at radius 2 is 0.897 bits per heavy atom. The van der Waals surface area contributed by atoms with Gasteiger partial charge in [-0.15, -0.1) is 0 Å². The largest absolute Gasteiger partial charge is 0.508 e. The van der Waals surface area contributed by atoms with Crippen LogP contribution in [0.25, 0.3) is 0 Å². The van der Waals surface area contributed by atoms with E-state index in [2.05, 4.69) is 67.5 Å². The van der Waals surface area contributed by atoms with Gasteiger partial charge in [0.05, 0.1) is 17.6 Å². The lowest BCUT2D eigenvalue weighted by molar-refractivity contribution is -0.384. The van der Waals surface area contributed by atoms with E-state index >= 15 is 0 Å². The fourth-order valence-corrected chi connectivity index (χ4v) is 6.99. The molecule has 0 saturated carbocycles. The topological polar surface area (TPSA) is 121 Å². The van der Waals surface area contributed by atoms with Crippen molar-refractivity contribution in [1.82, 2.24) is 0 Å². The number of hydrogen-bond donors (Lipinski definition) is 2. The molecule has 58 heavy (non-hydrogen) atoms. The van der Waals surface area contributed by atoms with Crippen molar-refractivity contribution in [2.24, 2.45) is 0 Å². The first-order valence-electron chi connectivity index (χ1n) is 19.6. The van der Waals surface area contributed by atoms with Gasteiger partial charge in [0.15, 0.2) is 0 Å². The average Bonchev–Trinajstić information content (AvgIpc) is 3.13. The summed E-state index contributed by atoms with van der Waals surface area (Å²) in [6, 6.07) is 28.3. The quantitative estimate of drug-likeness (QED) is 0.0491. The number of aromatic hydroxyl groups is 2. The van der Waals surface area contributed by atoms with Crippen LogP contribution in [-0.2, 0) is 11.1 Å². The highest BCUT2D eigenvalue weighted by Crippen LogP contribution is 2.37. The zero-order valence-electron chi connectivity index (χ0n) is 36.0. The van der Waals surface area contributed by atoms with Crippen LogP contribution in [0.3, 0.4) is 0 Å². The molecule has 312 valence electrons. The fraction of sp³-hybridized carbons (Fsp3) is 0.362. The van der Waals surface area contributed by atoms with Crippen molar-refractivity contribution >= 4 is 23.8 Å². The SMILES string of the molecule is Cc1ccc(C(C)C)c(O)c1.Cc1ccc(C(C)C)c(O)c1.Cc1ccc(C(C)C)c(OPOCc2ccc([N+](=O)[O-])cc2OPOc2cc(C)ccc2C(C)C)c1. The second-order valence-corrected chi connectivity index (χ2v) is 16.9. The molecular formula is C47H61NO8P2. The summed E-state index contributed by atoms with van der Waals surface area (Å²) in [6.07, 6.45) is 0. The van der Waals surface area contributed by atoms with Gasteiger partial charge in [-0.25, -0.2) is 0 Å². The van der Waals surface area contributed by atoms with Crippen LogP contribution in [0, 0.1) is 37.8 Å². The highest BCUT2D eigenvalue weighted by molar-refractivity contribution is 7.27. The van der Waals surface area contributed by atoms with E-state index in [-0.39, 0.29) is 36.3 Å². The van der Waals surface area contributed by atoms with Gasteiger partial charge in [-0.3, -0.25) is 10.1 Å². The van der Waals surface area contributed by atoms with Crippen molar-refractivity contribution in [2.75, 3.05) is 0 Å². The van der Waals surface area contributed by atoms with Gasteiger partial charge in [-0.2, -0.15) is 0 Å². The van der Waals surface area contributed by atoms with E-state index in [9.17, 15) is 20.3 Å². The summed E-state index contributed by atoms with van der Waals surface area (Å²) in [5, 5.41) is 30.2. The molecule has 2 N–H and O–H groups in total. The molecular weight excluding hydrogens is 768 g/mol. The Kier molecular flexibility index (Phi) is 19.0. The number of hydrogen-bond acceptors (Lipinski definition) is 8. The van der Waals surface area contributed by atoms with E-state index < -0.39 is 4.92 Å². The number of phenols is 2. The third kappa shape index (κ3) is 14.9. The summed E-state index contributed by atoms with van der Waals surface area (Å²) in [7, 11) is -0.607. The molecule has 0 amide bonds. The molecule has 0 aromatic heterocycles. The first-order chi connectivity index (χ1) is 27.4. The predicted molar refractivity (Wildman–Crippen MR) is 241 cm³/mol. The Morgan fingerprint density at radius 1 is 0.517 bits per heavy atom. The van der Waals surface area contributed by atoms with Crippen molar-refractivity contribution in [3.8, 4) is 28.7 Å². The van der Waals surface area contributed by atoms with E-state index in [4.69, 9.17) is 18.1 Å². The van der Waals surface area contributed by atoms with Gasteiger partial charge in [-0.1, -0.05) is 104 Å². The molecule has 2 atom stereocenters. The van der Waals surface area contributed by atoms with Gasteiger partial charge in [0.2, 0.25) is 9.03 Å². The molecule has 5 aromatic carbocycles. The van der Waals surface area contributed by atoms with Gasteiger partial charge in [0.25, 0.3) is 14.7 Å². The fourth-order valence-electron chi connectivity index (χ4n) is 5.86. The van der Waals surface area contributed by atoms with Crippen LogP contribution in [0.5, 0.6) is 28.7 Å². The van der Waals surface area contributed by atoms with Crippen LogP contribution < -0.4 is 13.6 Å². The molecule has 0 bridgehead atoms. The third-order valence-corrected chi connectivity index (χ3v) is 10.4. The Bertz CT molecular complexity index is 2040. The first kappa shape index (κ1) is 47.7. The minimum Gasteiger partial charge on any atom is -0.508 e. The Hall–Kier alpha value is -4.68. The summed E-state index contributed by atoms with van der Waals surface area (Å²) >= 11 is 0. The molecule has 0 heterocycles. The maximum absolute atomic E-state index is 11.3. The van der Waals surface area contributed by atoms with Gasteiger partial charge in [0.1, 0.15) is 28.7 Å². The van der Waals surface area contributed by atoms with Crippen molar-refractivity contribution in [1.29, 1.82) is 0 Å². The number of nitro benzene ring substituents is 1. The highest BCUT2D eigenvalue weighted by Gasteiger charge is 2.15. The van der Waals surface area contributed by atoms with E-state index in [0.29, 0.717) is 40.6 Å². The Balaban J connectivity index is 0.000000329. The summed E-state index contributed by atoms with van der Waals surface area (Å²) in [5.74, 6) is 4.15. The van der Waals surface area contributed by atoms with Crippen LogP contribution in [0.2, 0.25) is 0 Å². The van der Waals surface area contributed by atoms with Crippen molar-refractivity contribution < 1.29 is 33.2 Å². The minimum atomic E-state index is -0.449. The molecule has 0 aliphatic heterocycles. The van der Waals surface area contributed by atoms with E-state index in [1.165, 1.54) is 12.1 Å². The lowest BCUT2D eigenvalue weighted by Crippen LogP contribution is -1.98. The molecule has 2 unspecified atom stereocenters. The van der Waals surface area contributed by atoms with Crippen LogP contribution in [-0.4, -0.2) is 15.1 Å². The van der Waals surface area contributed by atoms with Crippen LogP contribution >= 0.6 is 18.1 Å². The zero-order valence-corrected chi connectivity index (χ0v) is 38.0. The molecule has 0 saturated heterocycles. The molecule has 5 rings (SSSR count). The molecule has 0 fully saturated rings. The monoisotopic (exact) mass is 829 g/mol. The second kappa shape index (κ2) is 23.0. The number of phenolic OH excluding ortho intramolecular Hbond substituents is 2. The first-order valence-corrected chi connectivity index (χ1v) is 21.2. The van der Waals surface area contributed by atoms with Gasteiger partial charge >= 0.3 is 0 Å². The lowest BCUT2D eigenvalue weighted by Gasteiger charge is -2.16. The number of aryl methyl sites for hydroxylation is 4. The highest BCUT2D eigenvalue weighted by atomic mass is 31.1. The molecule has 5 aromatic rings. The third-order valence-electron chi connectivity index (χ3n) is 9.20. The number of nitrogens with zero attached hydrogens (tertiary/aromatic N) is 1. The minimum absolute atomic E-state index is 0.0583. The van der Waals surface area contributed by atoms with E-state index in [0.717, 1.165) is 56.0 Å². The van der Waals surface area contributed by atoms with Crippen LogP contribution in [0.4, 0.5) is 5.69 Å². The van der Waals surface area contributed by atoms with E-state index in [1.54, 1.807) is 18.2 Å². The summed E-state index contributed by atoms with van der Waals surface area (Å²) in [6.45, 7) is 24.9. The number of benzene rings is 5. The maximum atomic E-state index is 11.3. The molecule has 0 aliphatic carbocycles. The number of nitro groups is 1. The van der Waals surface area contributed by atoms with Gasteiger partial charge in [0, 0.05) is 11.6 Å². The summed E-state index contributed by atoms with van der Waals surface area (Å²) in [4.78, 5) is 10.9. The standard InChI is InChI=1S/C27H33NO6P2.2C10H14O/c1-17(2)23-11-7-19(5)13-26(23)33-35-31-16-21-9-10-22(28(29)30)15-25(21)32-36-34-27-14-20(6)8-12-24(27)18(3)4;2*1-7(2)9-5-4-8(3)6-10(9)11/h7-15,17-18,35-36H,16H2,1-6H3;2*4-7,11H,1-3H3. The zero-order chi connectivity index (χ0) is 43.1. The van der Waals surface area contributed by atoms with Crippen molar-refractivity contribution in [2.45, 2.75) is 113 Å². The molecule has 0 aliphatic rings. The maximum Gasteiger partial charge on any atom is 0.275 e. The molecule has 0 spiro atoms. The van der Waals surface area contributed by atoms with Crippen LogP contribution in [0.15, 0.2) is 91.0 Å². The summed E-state index contributed by atoms with van der Waals surface area (Å²) in [5.41, 5.74) is 9.26. The number of rotatable bonds is 14. The Labute approximate surface area is 349 Å². The molecule has 11 heteroatoms. The lowest BCUT2D eigenvalue weighted by atomic mass is 10.0. The van der Waals surface area contributed by atoms with Gasteiger partial charge < -0.3 is 28.3 Å². The predicted octanol–water partition coefficient (Wildman–Crippen LogP) is 14.2.